The Kier molecular flexibility index (Phi) is 2.95. The van der Waals surface area contributed by atoms with Crippen molar-refractivity contribution in [3.05, 3.63) is 48.3 Å². The van der Waals surface area contributed by atoms with E-state index in [4.69, 9.17) is 10.5 Å². The molecule has 0 aliphatic rings. The van der Waals surface area contributed by atoms with Crippen molar-refractivity contribution in [3.8, 4) is 11.5 Å². The maximum absolute atomic E-state index is 13.2. The van der Waals surface area contributed by atoms with Crippen LogP contribution in [0.5, 0.6) is 11.5 Å². The molecule has 0 unspecified atom stereocenters. The minimum absolute atomic E-state index is 0.0332. The lowest BCUT2D eigenvalue weighted by Gasteiger charge is -2.05. The van der Waals surface area contributed by atoms with E-state index in [1.165, 1.54) is 36.7 Å². The molecule has 0 radical (unpaired) electrons. The summed E-state index contributed by atoms with van der Waals surface area (Å²) >= 11 is 0. The number of nitrogens with zero attached hydrogens (tertiary/aromatic N) is 2. The topological polar surface area (TPSA) is 78.1 Å². The normalized spacial score (nSPS) is 9.94. The van der Waals surface area contributed by atoms with Gasteiger partial charge in [0.05, 0.1) is 0 Å². The number of amides is 1. The Morgan fingerprint density at radius 2 is 2.12 bits per heavy atom. The van der Waals surface area contributed by atoms with E-state index in [1.54, 1.807) is 0 Å². The number of rotatable bonds is 3. The lowest BCUT2D eigenvalue weighted by atomic mass is 10.3. The molecule has 6 heteroatoms. The summed E-state index contributed by atoms with van der Waals surface area (Å²) in [6, 6.07) is 5.77. The van der Waals surface area contributed by atoms with Crippen molar-refractivity contribution in [2.75, 3.05) is 0 Å². The molecule has 2 N–H and O–H groups in total. The summed E-state index contributed by atoms with van der Waals surface area (Å²) in [7, 11) is 0. The van der Waals surface area contributed by atoms with Gasteiger partial charge < -0.3 is 10.5 Å². The van der Waals surface area contributed by atoms with Gasteiger partial charge >= 0.3 is 0 Å². The maximum Gasteiger partial charge on any atom is 0.267 e. The van der Waals surface area contributed by atoms with Crippen LogP contribution in [-0.2, 0) is 0 Å². The smallest absolute Gasteiger partial charge is 0.267 e. The Labute approximate surface area is 96.1 Å². The highest BCUT2D eigenvalue weighted by Crippen LogP contribution is 2.22. The molecule has 1 amide bonds. The van der Waals surface area contributed by atoms with Gasteiger partial charge in [0, 0.05) is 18.5 Å². The van der Waals surface area contributed by atoms with Gasteiger partial charge in [-0.2, -0.15) is 4.39 Å². The first-order valence-electron chi connectivity index (χ1n) is 4.71. The van der Waals surface area contributed by atoms with E-state index in [1.807, 2.05) is 0 Å². The van der Waals surface area contributed by atoms with Crippen LogP contribution in [-0.4, -0.2) is 15.9 Å². The maximum atomic E-state index is 13.2. The molecule has 0 aromatic carbocycles. The fraction of sp³-hybridized carbons (Fsp3) is 0. The third kappa shape index (κ3) is 2.54. The van der Waals surface area contributed by atoms with Gasteiger partial charge in [0.1, 0.15) is 11.4 Å². The van der Waals surface area contributed by atoms with Gasteiger partial charge in [-0.3, -0.25) is 9.78 Å². The highest BCUT2D eigenvalue weighted by Gasteiger charge is 2.07. The highest BCUT2D eigenvalue weighted by molar-refractivity contribution is 5.91. The van der Waals surface area contributed by atoms with E-state index in [-0.39, 0.29) is 17.2 Å². The molecule has 2 aromatic heterocycles. The number of halogens is 1. The largest absolute Gasteiger partial charge is 0.452 e. The Morgan fingerprint density at radius 1 is 1.29 bits per heavy atom. The molecule has 17 heavy (non-hydrogen) atoms. The zero-order valence-electron chi connectivity index (χ0n) is 8.63. The monoisotopic (exact) mass is 233 g/mol. The molecule has 0 saturated heterocycles. The van der Waals surface area contributed by atoms with E-state index >= 15 is 0 Å². The van der Waals surface area contributed by atoms with Gasteiger partial charge in [-0.25, -0.2) is 4.98 Å². The summed E-state index contributed by atoms with van der Waals surface area (Å²) < 4.78 is 18.4. The second-order valence-corrected chi connectivity index (χ2v) is 3.14. The predicted molar refractivity (Wildman–Crippen MR) is 57.0 cm³/mol. The second-order valence-electron chi connectivity index (χ2n) is 3.14. The van der Waals surface area contributed by atoms with Crippen LogP contribution in [0.4, 0.5) is 4.39 Å². The highest BCUT2D eigenvalue weighted by atomic mass is 19.1. The third-order valence-electron chi connectivity index (χ3n) is 1.94. The predicted octanol–water partition coefficient (Wildman–Crippen LogP) is 1.51. The van der Waals surface area contributed by atoms with Gasteiger partial charge in [-0.15, -0.1) is 0 Å². The van der Waals surface area contributed by atoms with Crippen molar-refractivity contribution in [2.45, 2.75) is 0 Å². The van der Waals surface area contributed by atoms with Gasteiger partial charge in [-0.1, -0.05) is 0 Å². The van der Waals surface area contributed by atoms with E-state index in [9.17, 15) is 9.18 Å². The molecule has 2 rings (SSSR count). The van der Waals surface area contributed by atoms with Crippen molar-refractivity contribution < 1.29 is 13.9 Å². The fourth-order valence-electron chi connectivity index (χ4n) is 1.18. The number of hydrogen-bond acceptors (Lipinski definition) is 4. The lowest BCUT2D eigenvalue weighted by molar-refractivity contribution is 0.0995. The minimum atomic E-state index is -0.732. The molecule has 2 aromatic rings. The van der Waals surface area contributed by atoms with Crippen LogP contribution >= 0.6 is 0 Å². The van der Waals surface area contributed by atoms with E-state index in [0.29, 0.717) is 0 Å². The molecule has 86 valence electrons. The number of aromatic nitrogens is 2. The van der Waals surface area contributed by atoms with Crippen LogP contribution in [0.3, 0.4) is 0 Å². The Balaban J connectivity index is 2.28. The Bertz CT molecular complexity index is 560. The van der Waals surface area contributed by atoms with Crippen LogP contribution in [0.15, 0.2) is 36.7 Å². The summed E-state index contributed by atoms with van der Waals surface area (Å²) in [6.07, 6.45) is 2.66. The minimum Gasteiger partial charge on any atom is -0.452 e. The Hall–Kier alpha value is -2.50. The van der Waals surface area contributed by atoms with Crippen molar-refractivity contribution >= 4 is 5.91 Å². The third-order valence-corrected chi connectivity index (χ3v) is 1.94. The number of ether oxygens (including phenoxy) is 1. The SMILES string of the molecule is NC(=O)c1cc(Oc2cccnc2F)ccn1. The van der Waals surface area contributed by atoms with Crippen LogP contribution in [0.25, 0.3) is 0 Å². The molecule has 5 nitrogen and oxygen atoms in total. The zero-order valence-corrected chi connectivity index (χ0v) is 8.63. The summed E-state index contributed by atoms with van der Waals surface area (Å²) in [5, 5.41) is 0. The summed E-state index contributed by atoms with van der Waals surface area (Å²) in [5.41, 5.74) is 5.11. The number of hydrogen-bond donors (Lipinski definition) is 1. The number of nitrogens with two attached hydrogens (primary N) is 1. The zero-order chi connectivity index (χ0) is 12.3. The van der Waals surface area contributed by atoms with Crippen molar-refractivity contribution in [2.24, 2.45) is 5.73 Å². The van der Waals surface area contributed by atoms with Gasteiger partial charge in [0.2, 0.25) is 0 Å². The molecule has 0 atom stereocenters. The first kappa shape index (κ1) is 11.0. The number of carbonyl (C=O) groups excluding carboxylic acids is 1. The average molecular weight is 233 g/mol. The molecule has 0 fully saturated rings. The number of pyridine rings is 2. The molecular weight excluding hydrogens is 225 g/mol. The van der Waals surface area contributed by atoms with Crippen molar-refractivity contribution in [3.63, 3.8) is 0 Å². The van der Waals surface area contributed by atoms with Crippen LogP contribution in [0.2, 0.25) is 0 Å². The molecular formula is C11H8FN3O2. The molecule has 2 heterocycles. The number of carbonyl (C=O) groups is 1. The van der Waals surface area contributed by atoms with Crippen LogP contribution < -0.4 is 10.5 Å². The molecule has 0 spiro atoms. The van der Waals surface area contributed by atoms with E-state index in [2.05, 4.69) is 9.97 Å². The Morgan fingerprint density at radius 3 is 2.82 bits per heavy atom. The fourth-order valence-corrected chi connectivity index (χ4v) is 1.18. The summed E-state index contributed by atoms with van der Waals surface area (Å²) in [4.78, 5) is 18.1. The van der Waals surface area contributed by atoms with Crippen molar-refractivity contribution in [1.82, 2.24) is 9.97 Å². The van der Waals surface area contributed by atoms with Gasteiger partial charge in [0.25, 0.3) is 11.9 Å². The van der Waals surface area contributed by atoms with Crippen LogP contribution in [0.1, 0.15) is 10.5 Å². The number of primary amides is 1. The van der Waals surface area contributed by atoms with E-state index in [0.717, 1.165) is 0 Å². The molecule has 0 saturated carbocycles. The van der Waals surface area contributed by atoms with Crippen molar-refractivity contribution in [1.29, 1.82) is 0 Å². The van der Waals surface area contributed by atoms with E-state index < -0.39 is 11.9 Å². The van der Waals surface area contributed by atoms with Gasteiger partial charge in [0.15, 0.2) is 5.75 Å². The first-order chi connectivity index (χ1) is 8.16. The first-order valence-corrected chi connectivity index (χ1v) is 4.71. The summed E-state index contributed by atoms with van der Waals surface area (Å²) in [5.74, 6) is -1.18. The van der Waals surface area contributed by atoms with Crippen LogP contribution in [0, 0.1) is 5.95 Å². The molecule has 0 aliphatic carbocycles. The average Bonchev–Trinajstić information content (AvgIpc) is 2.32. The second kappa shape index (κ2) is 4.56. The molecule has 0 aliphatic heterocycles. The quantitative estimate of drug-likeness (QED) is 0.815. The lowest BCUT2D eigenvalue weighted by Crippen LogP contribution is -2.12. The molecule has 0 bridgehead atoms. The summed E-state index contributed by atoms with van der Waals surface area (Å²) in [6.45, 7) is 0. The standard InChI is InChI=1S/C11H8FN3O2/c12-10-9(2-1-4-15-10)17-7-3-5-14-8(6-7)11(13)16/h1-6H,(H2,13,16). The van der Waals surface area contributed by atoms with Gasteiger partial charge in [-0.05, 0) is 18.2 Å².